The molecule has 1 aromatic rings. The maximum Gasteiger partial charge on any atom is 0.314 e. The van der Waals surface area contributed by atoms with Crippen LogP contribution in [0.1, 0.15) is 17.3 Å². The van der Waals surface area contributed by atoms with E-state index in [1.54, 1.807) is 11.3 Å². The Bertz CT molecular complexity index is 447. The lowest BCUT2D eigenvalue weighted by Gasteiger charge is -2.26. The van der Waals surface area contributed by atoms with Gasteiger partial charge in [0.1, 0.15) is 0 Å². The van der Waals surface area contributed by atoms with Crippen LogP contribution in [0.15, 0.2) is 17.5 Å². The van der Waals surface area contributed by atoms with Crippen molar-refractivity contribution in [1.29, 1.82) is 0 Å². The number of hydrogen-bond donors (Lipinski definition) is 2. The zero-order valence-electron chi connectivity index (χ0n) is 14.1. The summed E-state index contributed by atoms with van der Waals surface area (Å²) in [5, 5.41) is 7.98. The number of nitrogens with one attached hydrogen (secondary N) is 2. The minimum Gasteiger partial charge on any atom is -0.379 e. The molecule has 2 amide bonds. The number of amides is 2. The highest BCUT2D eigenvalue weighted by atomic mass is 32.1. The molecule has 1 aliphatic heterocycles. The third-order valence-corrected chi connectivity index (χ3v) is 4.96. The predicted molar refractivity (Wildman–Crippen MR) is 94.0 cm³/mol. The average Bonchev–Trinajstić information content (AvgIpc) is 3.06. The smallest absolute Gasteiger partial charge is 0.314 e. The van der Waals surface area contributed by atoms with Gasteiger partial charge < -0.3 is 20.3 Å². The van der Waals surface area contributed by atoms with E-state index in [4.69, 9.17) is 4.74 Å². The first kappa shape index (κ1) is 18.2. The first-order valence-corrected chi connectivity index (χ1v) is 9.06. The number of likely N-dealkylation sites (N-methyl/N-ethyl adjacent to an activating group) is 1. The fourth-order valence-electron chi connectivity index (χ4n) is 2.60. The molecule has 23 heavy (non-hydrogen) atoms. The minimum atomic E-state index is -0.0876. The topological polar surface area (TPSA) is 56.8 Å². The van der Waals surface area contributed by atoms with Gasteiger partial charge >= 0.3 is 6.03 Å². The van der Waals surface area contributed by atoms with Crippen molar-refractivity contribution in [2.75, 3.05) is 60.0 Å². The molecule has 1 saturated heterocycles. The SMILES string of the molecule is CN(C)C(CNC(=O)NCCCN1CCOCC1)c1cccs1. The standard InChI is InChI=1S/C16H28N4O2S/c1-19(2)14(15-5-3-12-23-15)13-18-16(21)17-6-4-7-20-8-10-22-11-9-20/h3,5,12,14H,4,6-11,13H2,1-2H3,(H2,17,18,21). The Morgan fingerprint density at radius 3 is 2.83 bits per heavy atom. The summed E-state index contributed by atoms with van der Waals surface area (Å²) in [4.78, 5) is 17.7. The quantitative estimate of drug-likeness (QED) is 0.702. The van der Waals surface area contributed by atoms with Crippen molar-refractivity contribution < 1.29 is 9.53 Å². The molecule has 0 aromatic carbocycles. The van der Waals surface area contributed by atoms with Gasteiger partial charge in [-0.15, -0.1) is 11.3 Å². The molecule has 2 N–H and O–H groups in total. The Morgan fingerprint density at radius 1 is 1.39 bits per heavy atom. The number of rotatable bonds is 8. The summed E-state index contributed by atoms with van der Waals surface area (Å²) in [6, 6.07) is 4.28. The number of thiophene rings is 1. The highest BCUT2D eigenvalue weighted by molar-refractivity contribution is 7.10. The molecule has 0 saturated carbocycles. The molecule has 1 aromatic heterocycles. The number of ether oxygens (including phenoxy) is 1. The van der Waals surface area contributed by atoms with Crippen LogP contribution >= 0.6 is 11.3 Å². The lowest BCUT2D eigenvalue weighted by atomic mass is 10.2. The van der Waals surface area contributed by atoms with E-state index in [1.165, 1.54) is 4.88 Å². The fourth-order valence-corrected chi connectivity index (χ4v) is 3.52. The van der Waals surface area contributed by atoms with Gasteiger partial charge in [-0.05, 0) is 38.5 Å². The molecule has 1 fully saturated rings. The molecule has 2 heterocycles. The molecule has 2 rings (SSSR count). The molecular weight excluding hydrogens is 312 g/mol. The predicted octanol–water partition coefficient (Wildman–Crippen LogP) is 1.37. The van der Waals surface area contributed by atoms with Crippen LogP contribution in [0.5, 0.6) is 0 Å². The van der Waals surface area contributed by atoms with Crippen molar-refractivity contribution in [2.24, 2.45) is 0 Å². The molecule has 130 valence electrons. The van der Waals surface area contributed by atoms with Crippen LogP contribution in [0, 0.1) is 0 Å². The summed E-state index contributed by atoms with van der Waals surface area (Å²) in [7, 11) is 4.07. The second-order valence-electron chi connectivity index (χ2n) is 5.94. The van der Waals surface area contributed by atoms with E-state index in [9.17, 15) is 4.79 Å². The molecule has 1 aliphatic rings. The minimum absolute atomic E-state index is 0.0876. The maximum atomic E-state index is 11.9. The molecule has 7 heteroatoms. The van der Waals surface area contributed by atoms with Crippen molar-refractivity contribution >= 4 is 17.4 Å². The molecular formula is C16H28N4O2S. The summed E-state index contributed by atoms with van der Waals surface area (Å²) < 4.78 is 5.32. The van der Waals surface area contributed by atoms with Crippen molar-refractivity contribution in [3.05, 3.63) is 22.4 Å². The summed E-state index contributed by atoms with van der Waals surface area (Å²) in [5.74, 6) is 0. The second-order valence-corrected chi connectivity index (χ2v) is 6.92. The van der Waals surface area contributed by atoms with Gasteiger partial charge in [-0.3, -0.25) is 4.90 Å². The number of carbonyl (C=O) groups excluding carboxylic acids is 1. The van der Waals surface area contributed by atoms with E-state index in [0.29, 0.717) is 13.1 Å². The molecule has 1 unspecified atom stereocenters. The Hall–Kier alpha value is -1.15. The number of urea groups is 1. The first-order valence-electron chi connectivity index (χ1n) is 8.18. The number of morpholine rings is 1. The monoisotopic (exact) mass is 340 g/mol. The first-order chi connectivity index (χ1) is 11.2. The van der Waals surface area contributed by atoms with E-state index in [2.05, 4.69) is 31.9 Å². The van der Waals surface area contributed by atoms with Crippen molar-refractivity contribution in [1.82, 2.24) is 20.4 Å². The fraction of sp³-hybridized carbons (Fsp3) is 0.688. The molecule has 6 nitrogen and oxygen atoms in total. The number of nitrogens with zero attached hydrogens (tertiary/aromatic N) is 2. The van der Waals surface area contributed by atoms with Crippen LogP contribution < -0.4 is 10.6 Å². The van der Waals surface area contributed by atoms with Gasteiger partial charge in [0, 0.05) is 31.1 Å². The van der Waals surface area contributed by atoms with Gasteiger partial charge in [-0.25, -0.2) is 4.79 Å². The van der Waals surface area contributed by atoms with Crippen molar-refractivity contribution in [2.45, 2.75) is 12.5 Å². The van der Waals surface area contributed by atoms with Gasteiger partial charge in [0.05, 0.1) is 19.3 Å². The third-order valence-electron chi connectivity index (χ3n) is 3.99. The second kappa shape index (κ2) is 9.87. The van der Waals surface area contributed by atoms with Crippen molar-refractivity contribution in [3.8, 4) is 0 Å². The Labute approximate surface area is 142 Å². The van der Waals surface area contributed by atoms with Crippen LogP contribution in [0.2, 0.25) is 0 Å². The lowest BCUT2D eigenvalue weighted by molar-refractivity contribution is 0.0375. The molecule has 0 spiro atoms. The van der Waals surface area contributed by atoms with Gasteiger partial charge in [0.25, 0.3) is 0 Å². The zero-order chi connectivity index (χ0) is 16.5. The molecule has 1 atom stereocenters. The van der Waals surface area contributed by atoms with Gasteiger partial charge in [-0.1, -0.05) is 6.07 Å². The van der Waals surface area contributed by atoms with E-state index < -0.39 is 0 Å². The molecule has 0 bridgehead atoms. The Balaban J connectivity index is 1.60. The van der Waals surface area contributed by atoms with E-state index in [0.717, 1.165) is 39.3 Å². The molecule has 0 aliphatic carbocycles. The largest absolute Gasteiger partial charge is 0.379 e. The number of carbonyl (C=O) groups is 1. The molecule has 0 radical (unpaired) electrons. The maximum absolute atomic E-state index is 11.9. The highest BCUT2D eigenvalue weighted by Crippen LogP contribution is 2.22. The van der Waals surface area contributed by atoms with E-state index >= 15 is 0 Å². The Kier molecular flexibility index (Phi) is 7.81. The normalized spacial score (nSPS) is 17.2. The van der Waals surface area contributed by atoms with Gasteiger partial charge in [0.2, 0.25) is 0 Å². The van der Waals surface area contributed by atoms with Gasteiger partial charge in [0.15, 0.2) is 0 Å². The van der Waals surface area contributed by atoms with Crippen LogP contribution in [0.3, 0.4) is 0 Å². The summed E-state index contributed by atoms with van der Waals surface area (Å²) >= 11 is 1.72. The average molecular weight is 340 g/mol. The van der Waals surface area contributed by atoms with Crippen LogP contribution in [0.4, 0.5) is 4.79 Å². The van der Waals surface area contributed by atoms with Crippen LogP contribution in [-0.2, 0) is 4.74 Å². The summed E-state index contributed by atoms with van der Waals surface area (Å²) in [5.41, 5.74) is 0. The zero-order valence-corrected chi connectivity index (χ0v) is 14.9. The Morgan fingerprint density at radius 2 is 2.17 bits per heavy atom. The van der Waals surface area contributed by atoms with Gasteiger partial charge in [-0.2, -0.15) is 0 Å². The van der Waals surface area contributed by atoms with E-state index in [-0.39, 0.29) is 12.1 Å². The highest BCUT2D eigenvalue weighted by Gasteiger charge is 2.16. The van der Waals surface area contributed by atoms with Crippen LogP contribution in [-0.4, -0.2) is 75.9 Å². The van der Waals surface area contributed by atoms with Crippen molar-refractivity contribution in [3.63, 3.8) is 0 Å². The number of hydrogen-bond acceptors (Lipinski definition) is 5. The summed E-state index contributed by atoms with van der Waals surface area (Å²) in [6.45, 7) is 5.97. The third kappa shape index (κ3) is 6.47. The van der Waals surface area contributed by atoms with Crippen LogP contribution in [0.25, 0.3) is 0 Å². The van der Waals surface area contributed by atoms with E-state index in [1.807, 2.05) is 20.2 Å². The summed E-state index contributed by atoms with van der Waals surface area (Å²) in [6.07, 6.45) is 0.968. The lowest BCUT2D eigenvalue weighted by Crippen LogP contribution is -2.42.